The molecule has 1 fully saturated rings. The zero-order chi connectivity index (χ0) is 15.3. The third-order valence-electron chi connectivity index (χ3n) is 3.43. The van der Waals surface area contributed by atoms with Crippen molar-refractivity contribution in [3.63, 3.8) is 0 Å². The summed E-state index contributed by atoms with van der Waals surface area (Å²) in [7, 11) is -1.84. The largest absolute Gasteiger partial charge is 0.491 e. The molecule has 21 heavy (non-hydrogen) atoms. The van der Waals surface area contributed by atoms with E-state index in [9.17, 15) is 8.42 Å². The number of nitrogens with one attached hydrogen (secondary N) is 1. The van der Waals surface area contributed by atoms with Crippen molar-refractivity contribution >= 4 is 10.0 Å². The van der Waals surface area contributed by atoms with E-state index >= 15 is 0 Å². The Kier molecular flexibility index (Phi) is 5.58. The van der Waals surface area contributed by atoms with E-state index in [-0.39, 0.29) is 6.04 Å². The Balaban J connectivity index is 2.09. The Morgan fingerprint density at radius 3 is 2.62 bits per heavy atom. The Labute approximate surface area is 126 Å². The molecule has 0 amide bonds. The van der Waals surface area contributed by atoms with E-state index in [1.165, 1.54) is 0 Å². The number of nitrogens with zero attached hydrogens (tertiary/aromatic N) is 1. The molecule has 1 aromatic rings. The van der Waals surface area contributed by atoms with Crippen molar-refractivity contribution in [2.75, 3.05) is 40.0 Å². The first-order valence-electron chi connectivity index (χ1n) is 7.00. The van der Waals surface area contributed by atoms with Gasteiger partial charge in [0.15, 0.2) is 0 Å². The van der Waals surface area contributed by atoms with E-state index in [1.807, 2.05) is 6.92 Å². The molecule has 1 aliphatic heterocycles. The number of piperazine rings is 1. The van der Waals surface area contributed by atoms with E-state index in [0.29, 0.717) is 43.5 Å². The lowest BCUT2D eigenvalue weighted by molar-refractivity contribution is 0.146. The van der Waals surface area contributed by atoms with Crippen molar-refractivity contribution < 1.29 is 17.9 Å². The van der Waals surface area contributed by atoms with Gasteiger partial charge in [0.05, 0.1) is 11.5 Å². The van der Waals surface area contributed by atoms with Gasteiger partial charge in [-0.25, -0.2) is 8.42 Å². The fourth-order valence-electron chi connectivity index (χ4n) is 2.27. The quantitative estimate of drug-likeness (QED) is 0.783. The minimum Gasteiger partial charge on any atom is -0.491 e. The van der Waals surface area contributed by atoms with Crippen LogP contribution in [0.2, 0.25) is 0 Å². The second kappa shape index (κ2) is 7.22. The number of benzene rings is 1. The van der Waals surface area contributed by atoms with Crippen LogP contribution in [0.25, 0.3) is 0 Å². The molecule has 7 heteroatoms. The van der Waals surface area contributed by atoms with E-state index in [4.69, 9.17) is 9.47 Å². The average Bonchev–Trinajstić information content (AvgIpc) is 2.48. The Morgan fingerprint density at radius 1 is 1.29 bits per heavy atom. The zero-order valence-electron chi connectivity index (χ0n) is 12.4. The molecule has 0 radical (unpaired) electrons. The topological polar surface area (TPSA) is 67.9 Å². The van der Waals surface area contributed by atoms with E-state index < -0.39 is 10.0 Å². The van der Waals surface area contributed by atoms with Crippen molar-refractivity contribution in [3.8, 4) is 5.75 Å². The second-order valence-electron chi connectivity index (χ2n) is 4.98. The summed E-state index contributed by atoms with van der Waals surface area (Å²) in [5.74, 6) is 0.638. The lowest BCUT2D eigenvalue weighted by atomic mass is 10.3. The Bertz CT molecular complexity index is 545. The van der Waals surface area contributed by atoms with Crippen LogP contribution in [0.4, 0.5) is 0 Å². The van der Waals surface area contributed by atoms with Gasteiger partial charge in [0, 0.05) is 32.8 Å². The molecule has 0 saturated carbocycles. The molecule has 1 aromatic carbocycles. The summed E-state index contributed by atoms with van der Waals surface area (Å²) in [5.41, 5.74) is 0. The van der Waals surface area contributed by atoms with E-state index in [1.54, 1.807) is 35.7 Å². The van der Waals surface area contributed by atoms with Crippen LogP contribution < -0.4 is 10.1 Å². The molecule has 0 bridgehead atoms. The highest BCUT2D eigenvalue weighted by Gasteiger charge is 2.30. The minimum absolute atomic E-state index is 0.0404. The number of sulfonamides is 1. The molecule has 0 spiro atoms. The first-order chi connectivity index (χ1) is 10.1. The van der Waals surface area contributed by atoms with Gasteiger partial charge in [-0.2, -0.15) is 4.31 Å². The van der Waals surface area contributed by atoms with Crippen LogP contribution in [-0.4, -0.2) is 58.7 Å². The highest BCUT2D eigenvalue weighted by molar-refractivity contribution is 7.89. The molecule has 1 N–H and O–H groups in total. The monoisotopic (exact) mass is 314 g/mol. The van der Waals surface area contributed by atoms with Crippen LogP contribution in [0.15, 0.2) is 29.2 Å². The summed E-state index contributed by atoms with van der Waals surface area (Å²) in [4.78, 5) is 0.301. The number of hydrogen-bond acceptors (Lipinski definition) is 5. The Hall–Kier alpha value is -1.15. The summed E-state index contributed by atoms with van der Waals surface area (Å²) in [6, 6.07) is 6.49. The molecule has 1 heterocycles. The van der Waals surface area contributed by atoms with Crippen molar-refractivity contribution in [2.45, 2.75) is 17.9 Å². The third-order valence-corrected chi connectivity index (χ3v) is 5.45. The van der Waals surface area contributed by atoms with Crippen LogP contribution in [0.5, 0.6) is 5.75 Å². The van der Waals surface area contributed by atoms with Crippen molar-refractivity contribution in [1.82, 2.24) is 9.62 Å². The predicted octanol–water partition coefficient (Wildman–Crippen LogP) is 0.694. The highest BCUT2D eigenvalue weighted by atomic mass is 32.2. The molecule has 6 nitrogen and oxygen atoms in total. The summed E-state index contributed by atoms with van der Waals surface area (Å²) in [6.07, 6.45) is 0. The standard InChI is InChI=1S/C14H22N2O4S/c1-12-11-15-7-8-16(12)21(17,18)14-5-3-13(4-6-14)20-10-9-19-2/h3-6,12,15H,7-11H2,1-2H3/t12-/m1/s1. The van der Waals surface area contributed by atoms with Crippen molar-refractivity contribution in [3.05, 3.63) is 24.3 Å². The molecule has 118 valence electrons. The molecule has 0 aliphatic carbocycles. The third kappa shape index (κ3) is 3.94. The fraction of sp³-hybridized carbons (Fsp3) is 0.571. The highest BCUT2D eigenvalue weighted by Crippen LogP contribution is 2.21. The van der Waals surface area contributed by atoms with Gasteiger partial charge in [0.25, 0.3) is 0 Å². The van der Waals surface area contributed by atoms with Gasteiger partial charge >= 0.3 is 0 Å². The van der Waals surface area contributed by atoms with Crippen LogP contribution in [0, 0.1) is 0 Å². The SMILES string of the molecule is COCCOc1ccc(S(=O)(=O)N2CCNC[C@H]2C)cc1. The van der Waals surface area contributed by atoms with Crippen LogP contribution in [-0.2, 0) is 14.8 Å². The molecule has 2 rings (SSSR count). The van der Waals surface area contributed by atoms with E-state index in [2.05, 4.69) is 5.32 Å². The molecule has 0 unspecified atom stereocenters. The fourth-order valence-corrected chi connectivity index (χ4v) is 3.90. The average molecular weight is 314 g/mol. The van der Waals surface area contributed by atoms with Gasteiger partial charge in [0.2, 0.25) is 10.0 Å². The van der Waals surface area contributed by atoms with Crippen molar-refractivity contribution in [2.24, 2.45) is 0 Å². The number of rotatable bonds is 6. The summed E-state index contributed by atoms with van der Waals surface area (Å²) in [5, 5.41) is 3.19. The zero-order valence-corrected chi connectivity index (χ0v) is 13.2. The molecular weight excluding hydrogens is 292 g/mol. The number of ether oxygens (including phenoxy) is 2. The van der Waals surface area contributed by atoms with Gasteiger partial charge in [-0.3, -0.25) is 0 Å². The summed E-state index contributed by atoms with van der Waals surface area (Å²) < 4.78 is 37.1. The smallest absolute Gasteiger partial charge is 0.243 e. The number of methoxy groups -OCH3 is 1. The van der Waals surface area contributed by atoms with Gasteiger partial charge in [0.1, 0.15) is 12.4 Å². The maximum atomic E-state index is 12.6. The summed E-state index contributed by atoms with van der Waals surface area (Å²) >= 11 is 0. The van der Waals surface area contributed by atoms with Crippen LogP contribution >= 0.6 is 0 Å². The second-order valence-corrected chi connectivity index (χ2v) is 6.87. The van der Waals surface area contributed by atoms with Gasteiger partial charge in [-0.05, 0) is 31.2 Å². The first kappa shape index (κ1) is 16.2. The van der Waals surface area contributed by atoms with Gasteiger partial charge in [-0.15, -0.1) is 0 Å². The maximum Gasteiger partial charge on any atom is 0.243 e. The van der Waals surface area contributed by atoms with Crippen molar-refractivity contribution in [1.29, 1.82) is 0 Å². The normalized spacial score (nSPS) is 20.4. The maximum absolute atomic E-state index is 12.6. The van der Waals surface area contributed by atoms with Gasteiger partial charge in [-0.1, -0.05) is 0 Å². The minimum atomic E-state index is -3.44. The molecule has 1 saturated heterocycles. The lowest BCUT2D eigenvalue weighted by Gasteiger charge is -2.32. The Morgan fingerprint density at radius 2 is 2.00 bits per heavy atom. The summed E-state index contributed by atoms with van der Waals surface area (Å²) in [6.45, 7) is 4.70. The molecule has 0 aromatic heterocycles. The first-order valence-corrected chi connectivity index (χ1v) is 8.44. The number of hydrogen-bond donors (Lipinski definition) is 1. The van der Waals surface area contributed by atoms with Gasteiger partial charge < -0.3 is 14.8 Å². The van der Waals surface area contributed by atoms with E-state index in [0.717, 1.165) is 0 Å². The van der Waals surface area contributed by atoms with Crippen LogP contribution in [0.1, 0.15) is 6.92 Å². The lowest BCUT2D eigenvalue weighted by Crippen LogP contribution is -2.52. The predicted molar refractivity (Wildman–Crippen MR) is 80.0 cm³/mol. The molecule has 1 atom stereocenters. The molecule has 1 aliphatic rings. The van der Waals surface area contributed by atoms with Crippen LogP contribution in [0.3, 0.4) is 0 Å². The molecular formula is C14H22N2O4S.